The van der Waals surface area contributed by atoms with Crippen molar-refractivity contribution in [2.45, 2.75) is 4.34 Å². The van der Waals surface area contributed by atoms with Crippen molar-refractivity contribution in [2.75, 3.05) is 18.1 Å². The van der Waals surface area contributed by atoms with Crippen LogP contribution < -0.4 is 0 Å². The van der Waals surface area contributed by atoms with Crippen LogP contribution in [0.3, 0.4) is 0 Å². The van der Waals surface area contributed by atoms with Crippen LogP contribution in [-0.4, -0.2) is 36.5 Å². The lowest BCUT2D eigenvalue weighted by molar-refractivity contribution is 0.599. The van der Waals surface area contributed by atoms with Crippen LogP contribution in [0.2, 0.25) is 0 Å². The molecule has 0 unspecified atom stereocenters. The van der Waals surface area contributed by atoms with Gasteiger partial charge in [0.2, 0.25) is 14.2 Å². The van der Waals surface area contributed by atoms with Crippen molar-refractivity contribution >= 4 is 48.2 Å². The lowest BCUT2D eigenvalue weighted by Crippen LogP contribution is -2.12. The normalized spacial score (nSPS) is 16.1. The molecule has 2 heterocycles. The van der Waals surface area contributed by atoms with Crippen molar-refractivity contribution in [2.24, 2.45) is 4.99 Å². The number of thiazole rings is 1. The molecule has 1 aromatic heterocycles. The Hall–Kier alpha value is -0.920. The van der Waals surface area contributed by atoms with E-state index in [2.05, 4.69) is 9.98 Å². The Labute approximate surface area is 113 Å². The van der Waals surface area contributed by atoms with E-state index in [1.807, 2.05) is 24.3 Å². The summed E-state index contributed by atoms with van der Waals surface area (Å²) in [4.78, 5) is 8.37. The van der Waals surface area contributed by atoms with Crippen LogP contribution in [0.5, 0.6) is 0 Å². The van der Waals surface area contributed by atoms with E-state index in [9.17, 15) is 8.42 Å². The molecule has 0 atom stereocenters. The number of hydrogen-bond acceptors (Lipinski definition) is 6. The molecule has 18 heavy (non-hydrogen) atoms. The molecule has 1 aliphatic heterocycles. The molecule has 0 bridgehead atoms. The number of hydrogen-bond donors (Lipinski definition) is 0. The van der Waals surface area contributed by atoms with E-state index >= 15 is 0 Å². The predicted octanol–water partition coefficient (Wildman–Crippen LogP) is 2.22. The number of fused-ring (bicyclic) bond motifs is 1. The molecular weight excluding hydrogens is 288 g/mol. The highest BCUT2D eigenvalue weighted by Crippen LogP contribution is 2.27. The first-order valence-corrected chi connectivity index (χ1v) is 8.85. The van der Waals surface area contributed by atoms with E-state index in [1.54, 1.807) is 0 Å². The third-order valence-corrected chi connectivity index (χ3v) is 6.80. The molecule has 4 nitrogen and oxygen atoms in total. The van der Waals surface area contributed by atoms with Crippen molar-refractivity contribution in [3.8, 4) is 0 Å². The summed E-state index contributed by atoms with van der Waals surface area (Å²) >= 11 is 2.74. The third-order valence-electron chi connectivity index (χ3n) is 2.50. The summed E-state index contributed by atoms with van der Waals surface area (Å²) < 4.78 is 25.5. The number of aliphatic imine (C=N–C) groups is 1. The van der Waals surface area contributed by atoms with Crippen molar-refractivity contribution in [1.82, 2.24) is 4.98 Å². The molecule has 0 fully saturated rings. The molecule has 0 saturated carbocycles. The summed E-state index contributed by atoms with van der Waals surface area (Å²) in [6.07, 6.45) is 0. The quantitative estimate of drug-likeness (QED) is 0.871. The summed E-state index contributed by atoms with van der Waals surface area (Å²) in [5.41, 5.74) is 0.738. The van der Waals surface area contributed by atoms with Crippen molar-refractivity contribution in [3.05, 3.63) is 24.3 Å². The van der Waals surface area contributed by atoms with Gasteiger partial charge in [0.25, 0.3) is 0 Å². The van der Waals surface area contributed by atoms with E-state index in [4.69, 9.17) is 0 Å². The molecule has 3 rings (SSSR count). The zero-order valence-corrected chi connectivity index (χ0v) is 11.8. The average molecular weight is 298 g/mol. The fraction of sp³-hybridized carbons (Fsp3) is 0.273. The summed E-state index contributed by atoms with van der Waals surface area (Å²) in [5.74, 6) is 0.863. The second-order valence-corrected chi connectivity index (χ2v) is 8.19. The lowest BCUT2D eigenvalue weighted by atomic mass is 10.3. The van der Waals surface area contributed by atoms with Gasteiger partial charge < -0.3 is 0 Å². The van der Waals surface area contributed by atoms with E-state index in [0.29, 0.717) is 5.04 Å². The van der Waals surface area contributed by atoms with Gasteiger partial charge in [0.1, 0.15) is 5.75 Å². The Kier molecular flexibility index (Phi) is 3.13. The molecule has 7 heteroatoms. The highest BCUT2D eigenvalue weighted by atomic mass is 32.2. The van der Waals surface area contributed by atoms with Gasteiger partial charge in [0, 0.05) is 12.3 Å². The largest absolute Gasteiger partial charge is 0.281 e. The molecule has 0 N–H and O–H groups in total. The monoisotopic (exact) mass is 298 g/mol. The topological polar surface area (TPSA) is 59.4 Å². The minimum Gasteiger partial charge on any atom is -0.281 e. The van der Waals surface area contributed by atoms with Crippen LogP contribution in [0.25, 0.3) is 10.2 Å². The predicted molar refractivity (Wildman–Crippen MR) is 76.4 cm³/mol. The first-order valence-electron chi connectivity index (χ1n) is 5.40. The van der Waals surface area contributed by atoms with Crippen LogP contribution in [0.4, 0.5) is 0 Å². The molecule has 1 aromatic carbocycles. The first-order chi connectivity index (χ1) is 8.65. The number of sulfone groups is 1. The van der Waals surface area contributed by atoms with Gasteiger partial charge in [-0.3, -0.25) is 4.99 Å². The minimum absolute atomic E-state index is 0.0164. The van der Waals surface area contributed by atoms with E-state index in [0.717, 1.165) is 22.5 Å². The summed E-state index contributed by atoms with van der Waals surface area (Å²) in [7, 11) is -3.35. The Balaban J connectivity index is 1.97. The highest BCUT2D eigenvalue weighted by Gasteiger charge is 2.23. The van der Waals surface area contributed by atoms with Gasteiger partial charge in [-0.1, -0.05) is 12.1 Å². The smallest absolute Gasteiger partial charge is 0.211 e. The van der Waals surface area contributed by atoms with Gasteiger partial charge in [-0.25, -0.2) is 13.4 Å². The second kappa shape index (κ2) is 4.64. The fourth-order valence-electron chi connectivity index (χ4n) is 1.68. The number of para-hydroxylation sites is 1. The van der Waals surface area contributed by atoms with Gasteiger partial charge in [0.15, 0.2) is 0 Å². The molecule has 0 aliphatic carbocycles. The number of benzene rings is 1. The maximum Gasteiger partial charge on any atom is 0.211 e. The van der Waals surface area contributed by atoms with Gasteiger partial charge in [-0.2, -0.15) is 0 Å². The minimum atomic E-state index is -3.35. The third kappa shape index (κ3) is 2.30. The van der Waals surface area contributed by atoms with Gasteiger partial charge >= 0.3 is 0 Å². The van der Waals surface area contributed by atoms with Gasteiger partial charge in [-0.15, -0.1) is 23.1 Å². The highest BCUT2D eigenvalue weighted by molar-refractivity contribution is 8.15. The zero-order valence-electron chi connectivity index (χ0n) is 9.37. The van der Waals surface area contributed by atoms with Gasteiger partial charge in [-0.05, 0) is 12.1 Å². The van der Waals surface area contributed by atoms with Crippen LogP contribution in [0.15, 0.2) is 33.6 Å². The summed E-state index contributed by atoms with van der Waals surface area (Å²) in [6.45, 7) is 0.718. The molecule has 0 amide bonds. The van der Waals surface area contributed by atoms with E-state index in [-0.39, 0.29) is 10.1 Å². The Morgan fingerprint density at radius 3 is 2.83 bits per heavy atom. The fourth-order valence-corrected chi connectivity index (χ4v) is 5.50. The van der Waals surface area contributed by atoms with Crippen LogP contribution in [0.1, 0.15) is 0 Å². The van der Waals surface area contributed by atoms with Crippen molar-refractivity contribution < 1.29 is 8.42 Å². The van der Waals surface area contributed by atoms with Crippen LogP contribution >= 0.6 is 23.1 Å². The molecule has 0 saturated heterocycles. The Bertz CT molecular complexity index is 686. The number of thioether (sulfide) groups is 1. The summed E-state index contributed by atoms with van der Waals surface area (Å²) in [6, 6.07) is 7.45. The standard InChI is InChI=1S/C11H10N2O2S3/c14-18(15,7-10-12-5-6-16-10)11-13-8-3-1-2-4-9(8)17-11/h1-4H,5-7H2. The van der Waals surface area contributed by atoms with Gasteiger partial charge in [0.05, 0.1) is 15.3 Å². The number of aromatic nitrogens is 1. The van der Waals surface area contributed by atoms with E-state index in [1.165, 1.54) is 23.1 Å². The van der Waals surface area contributed by atoms with Crippen LogP contribution in [-0.2, 0) is 9.84 Å². The maximum atomic E-state index is 12.2. The molecule has 1 aliphatic rings. The zero-order chi connectivity index (χ0) is 12.6. The van der Waals surface area contributed by atoms with Crippen LogP contribution in [0, 0.1) is 0 Å². The van der Waals surface area contributed by atoms with E-state index < -0.39 is 9.84 Å². The molecule has 94 valence electrons. The first kappa shape index (κ1) is 12.1. The molecule has 0 spiro atoms. The maximum absolute atomic E-state index is 12.2. The molecule has 2 aromatic rings. The number of rotatable bonds is 3. The Morgan fingerprint density at radius 1 is 1.28 bits per heavy atom. The number of nitrogens with zero attached hydrogens (tertiary/aromatic N) is 2. The van der Waals surface area contributed by atoms with Crippen molar-refractivity contribution in [1.29, 1.82) is 0 Å². The van der Waals surface area contributed by atoms with Crippen molar-refractivity contribution in [3.63, 3.8) is 0 Å². The molecule has 0 radical (unpaired) electrons. The lowest BCUT2D eigenvalue weighted by Gasteiger charge is -1.98. The molecular formula is C11H10N2O2S3. The Morgan fingerprint density at radius 2 is 2.11 bits per heavy atom. The average Bonchev–Trinajstić information content (AvgIpc) is 2.96. The summed E-state index contributed by atoms with van der Waals surface area (Å²) in [5, 5.41) is 0.703. The SMILES string of the molecule is O=S(=O)(CC1=NCCS1)c1nc2ccccc2s1. The second-order valence-electron chi connectivity index (χ2n) is 3.83.